The van der Waals surface area contributed by atoms with E-state index in [1.54, 1.807) is 20.8 Å². The molecule has 0 aromatic rings. The molecule has 1 saturated carbocycles. The number of rotatable bonds is 3. The van der Waals surface area contributed by atoms with Crippen molar-refractivity contribution in [1.82, 2.24) is 5.32 Å². The van der Waals surface area contributed by atoms with Crippen molar-refractivity contribution in [2.45, 2.75) is 52.2 Å². The Labute approximate surface area is 96.7 Å². The molecule has 0 aliphatic heterocycles. The van der Waals surface area contributed by atoms with Crippen molar-refractivity contribution < 1.29 is 14.3 Å². The molecule has 0 radical (unpaired) electrons. The van der Waals surface area contributed by atoms with Gasteiger partial charge in [0.1, 0.15) is 17.4 Å². The molecular weight excluding hydrogens is 206 g/mol. The summed E-state index contributed by atoms with van der Waals surface area (Å²) in [6, 6.07) is 0. The van der Waals surface area contributed by atoms with Crippen molar-refractivity contribution in [1.29, 1.82) is 0 Å². The van der Waals surface area contributed by atoms with Gasteiger partial charge in [-0.05, 0) is 39.0 Å². The van der Waals surface area contributed by atoms with Crippen LogP contribution in [0.1, 0.15) is 41.0 Å². The Morgan fingerprint density at radius 2 is 2.06 bits per heavy atom. The number of hydrogen-bond acceptors (Lipinski definition) is 3. The third-order valence-electron chi connectivity index (χ3n) is 2.81. The van der Waals surface area contributed by atoms with Gasteiger partial charge in [-0.15, -0.1) is 0 Å². The highest BCUT2D eigenvalue weighted by molar-refractivity contribution is 5.80. The Morgan fingerprint density at radius 3 is 2.38 bits per heavy atom. The van der Waals surface area contributed by atoms with Crippen molar-refractivity contribution >= 4 is 12.4 Å². The zero-order chi connectivity index (χ0) is 12.6. The Morgan fingerprint density at radius 1 is 1.50 bits per heavy atom. The largest absolute Gasteiger partial charge is 0.444 e. The Kier molecular flexibility index (Phi) is 3.31. The SMILES string of the molecule is CC(C)C1CC1(C=O)NC(=O)OC(C)(C)C. The van der Waals surface area contributed by atoms with Crippen LogP contribution in [0.4, 0.5) is 4.79 Å². The van der Waals surface area contributed by atoms with Crippen LogP contribution in [0, 0.1) is 11.8 Å². The van der Waals surface area contributed by atoms with E-state index in [0.29, 0.717) is 12.3 Å². The molecule has 0 heterocycles. The highest BCUT2D eigenvalue weighted by atomic mass is 16.6. The zero-order valence-corrected chi connectivity index (χ0v) is 10.7. The molecule has 0 saturated heterocycles. The first kappa shape index (κ1) is 13.0. The monoisotopic (exact) mass is 227 g/mol. The third kappa shape index (κ3) is 2.97. The molecule has 0 bridgehead atoms. The quantitative estimate of drug-likeness (QED) is 0.751. The first-order chi connectivity index (χ1) is 7.20. The van der Waals surface area contributed by atoms with Crippen molar-refractivity contribution in [3.8, 4) is 0 Å². The summed E-state index contributed by atoms with van der Waals surface area (Å²) in [5, 5.41) is 2.68. The van der Waals surface area contributed by atoms with Crippen LogP contribution in [0.2, 0.25) is 0 Å². The average Bonchev–Trinajstić information content (AvgIpc) is 2.76. The fourth-order valence-corrected chi connectivity index (χ4v) is 1.94. The maximum Gasteiger partial charge on any atom is 0.408 e. The van der Waals surface area contributed by atoms with Gasteiger partial charge in [-0.25, -0.2) is 4.79 Å². The van der Waals surface area contributed by atoms with Crippen LogP contribution in [0.25, 0.3) is 0 Å². The molecule has 4 heteroatoms. The lowest BCUT2D eigenvalue weighted by molar-refractivity contribution is -0.111. The minimum absolute atomic E-state index is 0.234. The molecule has 1 N–H and O–H groups in total. The van der Waals surface area contributed by atoms with Gasteiger partial charge in [0.15, 0.2) is 0 Å². The van der Waals surface area contributed by atoms with E-state index >= 15 is 0 Å². The van der Waals surface area contributed by atoms with E-state index < -0.39 is 17.2 Å². The van der Waals surface area contributed by atoms with Crippen molar-refractivity contribution in [3.63, 3.8) is 0 Å². The fourth-order valence-electron chi connectivity index (χ4n) is 1.94. The maximum atomic E-state index is 11.5. The highest BCUT2D eigenvalue weighted by Crippen LogP contribution is 2.46. The second-order valence-electron chi connectivity index (χ2n) is 5.84. The molecule has 0 spiro atoms. The number of hydrogen-bond donors (Lipinski definition) is 1. The molecule has 1 rings (SSSR count). The van der Waals surface area contributed by atoms with E-state index in [-0.39, 0.29) is 5.92 Å². The van der Waals surface area contributed by atoms with E-state index in [0.717, 1.165) is 6.29 Å². The fraction of sp³-hybridized carbons (Fsp3) is 0.833. The van der Waals surface area contributed by atoms with Crippen molar-refractivity contribution in [2.75, 3.05) is 0 Å². The molecule has 2 atom stereocenters. The molecule has 0 aromatic heterocycles. The molecule has 1 aliphatic carbocycles. The predicted octanol–water partition coefficient (Wildman–Crippen LogP) is 2.12. The minimum atomic E-state index is -0.684. The van der Waals surface area contributed by atoms with Gasteiger partial charge in [-0.2, -0.15) is 0 Å². The maximum absolute atomic E-state index is 11.5. The van der Waals surface area contributed by atoms with Gasteiger partial charge >= 0.3 is 6.09 Å². The zero-order valence-electron chi connectivity index (χ0n) is 10.7. The number of ether oxygens (including phenoxy) is 1. The molecule has 1 amide bonds. The van der Waals surface area contributed by atoms with Crippen LogP contribution >= 0.6 is 0 Å². The summed E-state index contributed by atoms with van der Waals surface area (Å²) in [7, 11) is 0. The first-order valence-corrected chi connectivity index (χ1v) is 5.68. The van der Waals surface area contributed by atoms with Gasteiger partial charge in [0.25, 0.3) is 0 Å². The highest BCUT2D eigenvalue weighted by Gasteiger charge is 2.57. The second-order valence-corrected chi connectivity index (χ2v) is 5.84. The van der Waals surface area contributed by atoms with Crippen LogP contribution in [0.5, 0.6) is 0 Å². The molecule has 4 nitrogen and oxygen atoms in total. The average molecular weight is 227 g/mol. The molecule has 92 valence electrons. The lowest BCUT2D eigenvalue weighted by Gasteiger charge is -2.22. The van der Waals surface area contributed by atoms with Gasteiger partial charge in [-0.3, -0.25) is 0 Å². The summed E-state index contributed by atoms with van der Waals surface area (Å²) in [5.41, 5.74) is -1.22. The van der Waals surface area contributed by atoms with E-state index in [2.05, 4.69) is 5.32 Å². The number of amides is 1. The van der Waals surface area contributed by atoms with Crippen LogP contribution in [0.3, 0.4) is 0 Å². The number of nitrogens with one attached hydrogen (secondary N) is 1. The summed E-state index contributed by atoms with van der Waals surface area (Å²) in [4.78, 5) is 22.6. The van der Waals surface area contributed by atoms with Gasteiger partial charge in [0, 0.05) is 0 Å². The van der Waals surface area contributed by atoms with Crippen LogP contribution in [-0.2, 0) is 9.53 Å². The molecule has 2 unspecified atom stereocenters. The predicted molar refractivity (Wildman–Crippen MR) is 61.1 cm³/mol. The van der Waals surface area contributed by atoms with Crippen molar-refractivity contribution in [3.05, 3.63) is 0 Å². The molecule has 1 fully saturated rings. The van der Waals surface area contributed by atoms with Gasteiger partial charge in [0.05, 0.1) is 0 Å². The first-order valence-electron chi connectivity index (χ1n) is 5.68. The minimum Gasteiger partial charge on any atom is -0.444 e. The van der Waals surface area contributed by atoms with Gasteiger partial charge in [0.2, 0.25) is 0 Å². The van der Waals surface area contributed by atoms with E-state index in [4.69, 9.17) is 4.74 Å². The van der Waals surface area contributed by atoms with E-state index in [9.17, 15) is 9.59 Å². The lowest BCUT2D eigenvalue weighted by Crippen LogP contribution is -2.43. The summed E-state index contributed by atoms with van der Waals surface area (Å²) in [6.45, 7) is 9.49. The Balaban J connectivity index is 2.54. The summed E-state index contributed by atoms with van der Waals surface area (Å²) < 4.78 is 5.13. The normalized spacial score (nSPS) is 28.8. The van der Waals surface area contributed by atoms with Crippen LogP contribution < -0.4 is 5.32 Å². The van der Waals surface area contributed by atoms with Crippen LogP contribution in [-0.4, -0.2) is 23.5 Å². The molecular formula is C12H21NO3. The summed E-state index contributed by atoms with van der Waals surface area (Å²) in [6.07, 6.45) is 1.04. The number of aldehydes is 1. The topological polar surface area (TPSA) is 55.4 Å². The number of alkyl carbamates (subject to hydrolysis) is 1. The van der Waals surface area contributed by atoms with Gasteiger partial charge in [-0.1, -0.05) is 13.8 Å². The molecule has 0 aromatic carbocycles. The summed E-state index contributed by atoms with van der Waals surface area (Å²) >= 11 is 0. The molecule has 1 aliphatic rings. The smallest absolute Gasteiger partial charge is 0.408 e. The van der Waals surface area contributed by atoms with Gasteiger partial charge < -0.3 is 14.8 Å². The number of carbonyl (C=O) groups is 2. The van der Waals surface area contributed by atoms with Crippen LogP contribution in [0.15, 0.2) is 0 Å². The lowest BCUT2D eigenvalue weighted by atomic mass is 10.1. The number of carbonyl (C=O) groups excluding carboxylic acids is 2. The summed E-state index contributed by atoms with van der Waals surface area (Å²) in [5.74, 6) is 0.623. The van der Waals surface area contributed by atoms with Crippen molar-refractivity contribution in [2.24, 2.45) is 11.8 Å². The molecule has 16 heavy (non-hydrogen) atoms. The third-order valence-corrected chi connectivity index (χ3v) is 2.81. The Hall–Kier alpha value is -1.06. The standard InChI is InChI=1S/C12H21NO3/c1-8(2)9-6-12(9,7-14)13-10(15)16-11(3,4)5/h7-9H,6H2,1-5H3,(H,13,15). The second kappa shape index (κ2) is 4.07. The Bertz CT molecular complexity index is 293. The van der Waals surface area contributed by atoms with E-state index in [1.807, 2.05) is 13.8 Å². The van der Waals surface area contributed by atoms with E-state index in [1.165, 1.54) is 0 Å².